The average molecular weight is 306 g/mol. The molecule has 0 aliphatic rings. The highest BCUT2D eigenvalue weighted by atomic mass is 35.5. The number of ether oxygens (including phenoxy) is 1. The quantitative estimate of drug-likeness (QED) is 0.795. The molecule has 0 amide bonds. The molecule has 1 aromatic carbocycles. The van der Waals surface area contributed by atoms with Gasteiger partial charge in [0.2, 0.25) is 5.88 Å². The minimum absolute atomic E-state index is 0.109. The smallest absolute Gasteiger partial charge is 0.227 e. The van der Waals surface area contributed by atoms with Crippen molar-refractivity contribution in [1.82, 2.24) is 9.97 Å². The second kappa shape index (κ2) is 6.51. The second-order valence-corrected chi connectivity index (χ2v) is 4.80. The zero-order valence-electron chi connectivity index (χ0n) is 11.7. The normalized spacial score (nSPS) is 10.2. The summed E-state index contributed by atoms with van der Waals surface area (Å²) in [5.41, 5.74) is 0.383. The van der Waals surface area contributed by atoms with Crippen LogP contribution in [0, 0.1) is 24.1 Å². The molecule has 4 nitrogen and oxygen atoms in total. The lowest BCUT2D eigenvalue weighted by atomic mass is 10.2. The van der Waals surface area contributed by atoms with Gasteiger partial charge in [-0.15, -0.1) is 0 Å². The fourth-order valence-corrected chi connectivity index (χ4v) is 1.93. The van der Waals surface area contributed by atoms with Crippen molar-refractivity contribution in [3.05, 3.63) is 46.1 Å². The van der Waals surface area contributed by atoms with Gasteiger partial charge in [0.05, 0.1) is 0 Å². The molecule has 0 atom stereocenters. The van der Waals surface area contributed by atoms with Crippen LogP contribution in [0.15, 0.2) is 18.2 Å². The van der Waals surface area contributed by atoms with E-state index in [0.29, 0.717) is 23.0 Å². The molecule has 0 N–H and O–H groups in total. The van der Waals surface area contributed by atoms with Gasteiger partial charge in [-0.2, -0.15) is 10.2 Å². The summed E-state index contributed by atoms with van der Waals surface area (Å²) < 4.78 is 19.2. The standard InChI is InChI=1S/C15H13ClFN3O/c1-3-5-13-19-14(16)9(2)15(20-13)21-12-7-4-6-11(17)10(12)8-18/h4,6-7H,3,5H2,1-2H3. The topological polar surface area (TPSA) is 58.8 Å². The Morgan fingerprint density at radius 2 is 2.14 bits per heavy atom. The monoisotopic (exact) mass is 305 g/mol. The number of aryl methyl sites for hydroxylation is 1. The molecular formula is C15H13ClFN3O. The Bertz CT molecular complexity index is 713. The van der Waals surface area contributed by atoms with E-state index >= 15 is 0 Å². The molecule has 0 aliphatic heterocycles. The van der Waals surface area contributed by atoms with E-state index in [4.69, 9.17) is 21.6 Å². The predicted octanol–water partition coefficient (Wildman–Crippen LogP) is 4.19. The molecule has 2 aromatic rings. The fourth-order valence-electron chi connectivity index (χ4n) is 1.75. The summed E-state index contributed by atoms with van der Waals surface area (Å²) in [4.78, 5) is 8.43. The van der Waals surface area contributed by atoms with E-state index in [-0.39, 0.29) is 17.2 Å². The number of benzene rings is 1. The SMILES string of the molecule is CCCc1nc(Cl)c(C)c(Oc2cccc(F)c2C#N)n1. The van der Waals surface area contributed by atoms with Crippen molar-refractivity contribution >= 4 is 11.6 Å². The van der Waals surface area contributed by atoms with Crippen molar-refractivity contribution in [3.63, 3.8) is 0 Å². The highest BCUT2D eigenvalue weighted by Gasteiger charge is 2.15. The number of halogens is 2. The maximum Gasteiger partial charge on any atom is 0.227 e. The molecule has 0 radical (unpaired) electrons. The van der Waals surface area contributed by atoms with Gasteiger partial charge in [0.25, 0.3) is 0 Å². The Morgan fingerprint density at radius 1 is 1.38 bits per heavy atom. The van der Waals surface area contributed by atoms with Gasteiger partial charge in [-0.3, -0.25) is 0 Å². The molecule has 0 aliphatic carbocycles. The van der Waals surface area contributed by atoms with E-state index in [1.807, 2.05) is 6.92 Å². The van der Waals surface area contributed by atoms with Crippen LogP contribution in [0.1, 0.15) is 30.3 Å². The van der Waals surface area contributed by atoms with E-state index in [1.54, 1.807) is 13.0 Å². The largest absolute Gasteiger partial charge is 0.437 e. The first-order chi connectivity index (χ1) is 10.1. The van der Waals surface area contributed by atoms with Gasteiger partial charge in [0.15, 0.2) is 0 Å². The van der Waals surface area contributed by atoms with Crippen molar-refractivity contribution < 1.29 is 9.13 Å². The first kappa shape index (κ1) is 15.2. The Kier molecular flexibility index (Phi) is 4.71. The summed E-state index contributed by atoms with van der Waals surface area (Å²) in [6.07, 6.45) is 1.52. The lowest BCUT2D eigenvalue weighted by Gasteiger charge is -2.11. The third kappa shape index (κ3) is 3.29. The number of nitriles is 1. The maximum atomic E-state index is 13.6. The molecule has 108 valence electrons. The van der Waals surface area contributed by atoms with Gasteiger partial charge in [0.1, 0.15) is 34.2 Å². The van der Waals surface area contributed by atoms with E-state index in [0.717, 1.165) is 6.42 Å². The Labute approximate surface area is 127 Å². The minimum Gasteiger partial charge on any atom is -0.437 e. The molecule has 1 aromatic heterocycles. The van der Waals surface area contributed by atoms with Gasteiger partial charge in [-0.05, 0) is 25.5 Å². The lowest BCUT2D eigenvalue weighted by molar-refractivity contribution is 0.447. The summed E-state index contributed by atoms with van der Waals surface area (Å²) in [7, 11) is 0. The predicted molar refractivity (Wildman–Crippen MR) is 77.0 cm³/mol. The van der Waals surface area contributed by atoms with Crippen molar-refractivity contribution in [3.8, 4) is 17.7 Å². The number of hydrogen-bond donors (Lipinski definition) is 0. The van der Waals surface area contributed by atoms with Crippen LogP contribution in [0.4, 0.5) is 4.39 Å². The molecule has 1 heterocycles. The van der Waals surface area contributed by atoms with Gasteiger partial charge >= 0.3 is 0 Å². The molecule has 0 fully saturated rings. The minimum atomic E-state index is -0.637. The van der Waals surface area contributed by atoms with Crippen LogP contribution in [0.5, 0.6) is 11.6 Å². The van der Waals surface area contributed by atoms with E-state index in [1.165, 1.54) is 18.2 Å². The summed E-state index contributed by atoms with van der Waals surface area (Å²) in [5.74, 6) is 0.262. The maximum absolute atomic E-state index is 13.6. The molecule has 0 spiro atoms. The molecular weight excluding hydrogens is 293 g/mol. The van der Waals surface area contributed by atoms with Crippen molar-refractivity contribution in [2.24, 2.45) is 0 Å². The first-order valence-corrected chi connectivity index (χ1v) is 6.84. The van der Waals surface area contributed by atoms with Crippen LogP contribution < -0.4 is 4.74 Å². The number of nitrogens with zero attached hydrogens (tertiary/aromatic N) is 3. The number of aromatic nitrogens is 2. The molecule has 0 bridgehead atoms. The summed E-state index contributed by atoms with van der Waals surface area (Å²) in [6, 6.07) is 5.96. The highest BCUT2D eigenvalue weighted by molar-refractivity contribution is 6.30. The van der Waals surface area contributed by atoms with Crippen molar-refractivity contribution in [2.75, 3.05) is 0 Å². The molecule has 2 rings (SSSR count). The molecule has 0 saturated heterocycles. The summed E-state index contributed by atoms with van der Waals surface area (Å²) in [5, 5.41) is 9.30. The average Bonchev–Trinajstić information content (AvgIpc) is 2.45. The van der Waals surface area contributed by atoms with E-state index < -0.39 is 5.82 Å². The Hall–Kier alpha value is -2.19. The Balaban J connectivity index is 2.45. The van der Waals surface area contributed by atoms with Crippen molar-refractivity contribution in [1.29, 1.82) is 5.26 Å². The molecule has 0 unspecified atom stereocenters. The van der Waals surface area contributed by atoms with Gasteiger partial charge in [-0.25, -0.2) is 9.37 Å². The summed E-state index contributed by atoms with van der Waals surface area (Å²) >= 11 is 6.06. The molecule has 21 heavy (non-hydrogen) atoms. The number of rotatable bonds is 4. The molecule has 0 saturated carbocycles. The third-order valence-corrected chi connectivity index (χ3v) is 3.22. The van der Waals surface area contributed by atoms with Gasteiger partial charge < -0.3 is 4.74 Å². The van der Waals surface area contributed by atoms with Crippen LogP contribution in [0.25, 0.3) is 0 Å². The first-order valence-electron chi connectivity index (χ1n) is 6.46. The van der Waals surface area contributed by atoms with Crippen LogP contribution in [-0.2, 0) is 6.42 Å². The fraction of sp³-hybridized carbons (Fsp3) is 0.267. The van der Waals surface area contributed by atoms with Crippen LogP contribution in [0.2, 0.25) is 5.15 Å². The third-order valence-electron chi connectivity index (χ3n) is 2.86. The van der Waals surface area contributed by atoms with Gasteiger partial charge in [-0.1, -0.05) is 24.6 Å². The highest BCUT2D eigenvalue weighted by Crippen LogP contribution is 2.30. The van der Waals surface area contributed by atoms with Crippen LogP contribution >= 0.6 is 11.6 Å². The lowest BCUT2D eigenvalue weighted by Crippen LogP contribution is -2.02. The van der Waals surface area contributed by atoms with E-state index in [9.17, 15) is 4.39 Å². The number of hydrogen-bond acceptors (Lipinski definition) is 4. The van der Waals surface area contributed by atoms with Gasteiger partial charge in [0, 0.05) is 12.0 Å². The molecule has 6 heteroatoms. The van der Waals surface area contributed by atoms with Crippen LogP contribution in [0.3, 0.4) is 0 Å². The zero-order chi connectivity index (χ0) is 15.4. The van der Waals surface area contributed by atoms with Crippen LogP contribution in [-0.4, -0.2) is 9.97 Å². The van der Waals surface area contributed by atoms with E-state index in [2.05, 4.69) is 9.97 Å². The summed E-state index contributed by atoms with van der Waals surface area (Å²) in [6.45, 7) is 3.71. The second-order valence-electron chi connectivity index (χ2n) is 4.44. The van der Waals surface area contributed by atoms with Crippen molar-refractivity contribution in [2.45, 2.75) is 26.7 Å². The Morgan fingerprint density at radius 3 is 2.81 bits per heavy atom. The zero-order valence-corrected chi connectivity index (χ0v) is 12.4.